The largest absolute Gasteiger partial charge is 0.310 e. The molecule has 0 N–H and O–H groups in total. The summed E-state index contributed by atoms with van der Waals surface area (Å²) in [6.07, 6.45) is 0. The van der Waals surface area contributed by atoms with E-state index in [2.05, 4.69) is 205 Å². The summed E-state index contributed by atoms with van der Waals surface area (Å²) >= 11 is 1.89. The van der Waals surface area contributed by atoms with Crippen LogP contribution < -0.4 is 4.90 Å². The first-order valence-corrected chi connectivity index (χ1v) is 19.3. The molecule has 0 fully saturated rings. The van der Waals surface area contributed by atoms with Crippen LogP contribution in [0.1, 0.15) is 0 Å². The Balaban J connectivity index is 1.07. The summed E-state index contributed by atoms with van der Waals surface area (Å²) in [6.45, 7) is 0. The molecule has 252 valence electrons. The molecule has 1 nitrogen and oxygen atoms in total. The van der Waals surface area contributed by atoms with Crippen LogP contribution in [0, 0.1) is 0 Å². The SMILES string of the molecule is c1ccc(-c2cccc(N(c3ccc(-c4cccc5ccc6c7ccccc7ccc6c45)cc3)c3ccc4c(ccc5c6ccccc6sc45)c3)c2)cc1. The van der Waals surface area contributed by atoms with E-state index >= 15 is 0 Å². The zero-order chi connectivity index (χ0) is 35.6. The summed E-state index contributed by atoms with van der Waals surface area (Å²) in [6, 6.07) is 73.5. The van der Waals surface area contributed by atoms with Crippen molar-refractivity contribution < 1.29 is 0 Å². The summed E-state index contributed by atoms with van der Waals surface area (Å²) in [5.74, 6) is 0. The number of rotatable bonds is 5. The summed E-state index contributed by atoms with van der Waals surface area (Å²) in [7, 11) is 0. The van der Waals surface area contributed by atoms with Crippen molar-refractivity contribution in [3.8, 4) is 22.3 Å². The van der Waals surface area contributed by atoms with Crippen molar-refractivity contribution in [3.63, 3.8) is 0 Å². The third-order valence-electron chi connectivity index (χ3n) is 11.0. The van der Waals surface area contributed by atoms with Crippen LogP contribution in [0.25, 0.3) is 85.5 Å². The highest BCUT2D eigenvalue weighted by Crippen LogP contribution is 2.43. The molecule has 0 atom stereocenters. The Morgan fingerprint density at radius 3 is 1.87 bits per heavy atom. The average molecular weight is 704 g/mol. The summed E-state index contributed by atoms with van der Waals surface area (Å²) in [4.78, 5) is 2.40. The monoisotopic (exact) mass is 703 g/mol. The fraction of sp³-hybridized carbons (Fsp3) is 0. The first kappa shape index (κ1) is 30.8. The van der Waals surface area contributed by atoms with Crippen LogP contribution in [0.5, 0.6) is 0 Å². The second-order valence-corrected chi connectivity index (χ2v) is 15.1. The zero-order valence-corrected chi connectivity index (χ0v) is 30.2. The molecule has 0 radical (unpaired) electrons. The van der Waals surface area contributed by atoms with Gasteiger partial charge in [0.05, 0.1) is 0 Å². The molecule has 0 spiro atoms. The van der Waals surface area contributed by atoms with E-state index in [1.165, 1.54) is 85.5 Å². The molecule has 2 heteroatoms. The molecule has 11 rings (SSSR count). The molecule has 54 heavy (non-hydrogen) atoms. The fourth-order valence-electron chi connectivity index (χ4n) is 8.45. The molecule has 0 aliphatic carbocycles. The molecule has 1 heterocycles. The smallest absolute Gasteiger partial charge is 0.0468 e. The van der Waals surface area contributed by atoms with Crippen LogP contribution in [0.3, 0.4) is 0 Å². The second kappa shape index (κ2) is 12.4. The summed E-state index contributed by atoms with van der Waals surface area (Å²) in [5, 5.41) is 12.9. The van der Waals surface area contributed by atoms with Gasteiger partial charge in [0.1, 0.15) is 0 Å². The molecule has 0 saturated heterocycles. The first-order chi connectivity index (χ1) is 26.8. The Labute approximate surface area is 317 Å². The molecule has 11 aromatic rings. The van der Waals surface area contributed by atoms with Gasteiger partial charge in [-0.15, -0.1) is 11.3 Å². The first-order valence-electron chi connectivity index (χ1n) is 18.5. The number of nitrogens with zero attached hydrogens (tertiary/aromatic N) is 1. The minimum atomic E-state index is 1.11. The Bertz CT molecular complexity index is 3210. The highest BCUT2D eigenvalue weighted by atomic mass is 32.1. The quantitative estimate of drug-likeness (QED) is 0.161. The number of thiophene rings is 1. The van der Waals surface area contributed by atoms with Crippen LogP contribution in [0.2, 0.25) is 0 Å². The maximum absolute atomic E-state index is 2.40. The minimum Gasteiger partial charge on any atom is -0.310 e. The molecule has 0 aliphatic rings. The summed E-state index contributed by atoms with van der Waals surface area (Å²) < 4.78 is 2.67. The van der Waals surface area contributed by atoms with Crippen LogP contribution >= 0.6 is 11.3 Å². The van der Waals surface area contributed by atoms with E-state index in [4.69, 9.17) is 0 Å². The maximum Gasteiger partial charge on any atom is 0.0468 e. The van der Waals surface area contributed by atoms with Gasteiger partial charge in [-0.05, 0) is 108 Å². The molecule has 0 unspecified atom stereocenters. The second-order valence-electron chi connectivity index (χ2n) is 14.1. The van der Waals surface area contributed by atoms with Gasteiger partial charge in [-0.1, -0.05) is 158 Å². The number of fused-ring (bicyclic) bond motifs is 10. The lowest BCUT2D eigenvalue weighted by atomic mass is 9.91. The molecule has 0 aliphatic heterocycles. The maximum atomic E-state index is 2.40. The Morgan fingerprint density at radius 1 is 0.315 bits per heavy atom. The van der Waals surface area contributed by atoms with Gasteiger partial charge in [0, 0.05) is 37.2 Å². The van der Waals surface area contributed by atoms with E-state index in [9.17, 15) is 0 Å². The average Bonchev–Trinajstić information content (AvgIpc) is 3.63. The molecular formula is C52H33NS. The summed E-state index contributed by atoms with van der Waals surface area (Å²) in [5.41, 5.74) is 8.21. The lowest BCUT2D eigenvalue weighted by Crippen LogP contribution is -2.10. The number of hydrogen-bond acceptors (Lipinski definition) is 2. The predicted molar refractivity (Wildman–Crippen MR) is 235 cm³/mol. The van der Waals surface area contributed by atoms with Crippen molar-refractivity contribution >= 4 is 91.7 Å². The highest BCUT2D eigenvalue weighted by molar-refractivity contribution is 7.26. The third kappa shape index (κ3) is 4.99. The fourth-order valence-corrected chi connectivity index (χ4v) is 9.69. The number of hydrogen-bond donors (Lipinski definition) is 0. The van der Waals surface area contributed by atoms with Gasteiger partial charge in [-0.2, -0.15) is 0 Å². The van der Waals surface area contributed by atoms with Gasteiger partial charge in [0.15, 0.2) is 0 Å². The van der Waals surface area contributed by atoms with Gasteiger partial charge in [0.25, 0.3) is 0 Å². The molecule has 0 bridgehead atoms. The molecular weight excluding hydrogens is 671 g/mol. The Morgan fingerprint density at radius 2 is 0.963 bits per heavy atom. The number of benzene rings is 10. The van der Waals surface area contributed by atoms with E-state index in [1.807, 2.05) is 11.3 Å². The van der Waals surface area contributed by atoms with E-state index < -0.39 is 0 Å². The predicted octanol–water partition coefficient (Wildman–Crippen LogP) is 15.5. The van der Waals surface area contributed by atoms with E-state index in [1.54, 1.807) is 0 Å². The van der Waals surface area contributed by atoms with Crippen molar-refractivity contribution in [2.75, 3.05) is 4.90 Å². The molecule has 0 saturated carbocycles. The molecule has 1 aromatic heterocycles. The zero-order valence-electron chi connectivity index (χ0n) is 29.4. The van der Waals surface area contributed by atoms with Gasteiger partial charge in [-0.3, -0.25) is 0 Å². The van der Waals surface area contributed by atoms with E-state index in [-0.39, 0.29) is 0 Å². The van der Waals surface area contributed by atoms with Crippen molar-refractivity contribution in [1.29, 1.82) is 0 Å². The number of anilines is 3. The van der Waals surface area contributed by atoms with Crippen molar-refractivity contribution in [2.45, 2.75) is 0 Å². The topological polar surface area (TPSA) is 3.24 Å². The lowest BCUT2D eigenvalue weighted by molar-refractivity contribution is 1.29. The van der Waals surface area contributed by atoms with Gasteiger partial charge in [0.2, 0.25) is 0 Å². The van der Waals surface area contributed by atoms with Crippen LogP contribution in [0.15, 0.2) is 200 Å². The van der Waals surface area contributed by atoms with E-state index in [0.717, 1.165) is 17.1 Å². The Hall–Kier alpha value is -6.74. The van der Waals surface area contributed by atoms with Gasteiger partial charge >= 0.3 is 0 Å². The Kier molecular flexibility index (Phi) is 7.11. The standard InChI is InChI=1S/C52H33NS/c1-2-10-34(11-3-1)38-14-8-15-41(32-38)53(42-27-31-45-39(33-42)24-30-49-47-17-6-7-19-50(47)54-52(45)49)40-25-20-36(21-26-40)44-18-9-13-37-23-28-46-43-16-5-4-12-35(43)22-29-48(46)51(37)44/h1-33H. The van der Waals surface area contributed by atoms with E-state index in [0.29, 0.717) is 0 Å². The third-order valence-corrected chi connectivity index (χ3v) is 12.2. The van der Waals surface area contributed by atoms with Crippen LogP contribution in [0.4, 0.5) is 17.1 Å². The normalized spacial score (nSPS) is 11.7. The minimum absolute atomic E-state index is 1.11. The highest BCUT2D eigenvalue weighted by Gasteiger charge is 2.17. The lowest BCUT2D eigenvalue weighted by Gasteiger charge is -2.27. The van der Waals surface area contributed by atoms with Gasteiger partial charge in [-0.25, -0.2) is 0 Å². The van der Waals surface area contributed by atoms with Crippen molar-refractivity contribution in [3.05, 3.63) is 200 Å². The van der Waals surface area contributed by atoms with Crippen LogP contribution in [-0.2, 0) is 0 Å². The molecule has 10 aromatic carbocycles. The van der Waals surface area contributed by atoms with Crippen LogP contribution in [-0.4, -0.2) is 0 Å². The molecule has 0 amide bonds. The van der Waals surface area contributed by atoms with Crippen molar-refractivity contribution in [2.24, 2.45) is 0 Å². The van der Waals surface area contributed by atoms with Gasteiger partial charge < -0.3 is 4.90 Å². The van der Waals surface area contributed by atoms with Crippen molar-refractivity contribution in [1.82, 2.24) is 0 Å².